The highest BCUT2D eigenvalue weighted by atomic mass is 16.3. The lowest BCUT2D eigenvalue weighted by Gasteiger charge is -2.27. The fourth-order valence-electron chi connectivity index (χ4n) is 3.08. The molecule has 0 aromatic carbocycles. The molecule has 1 aliphatic heterocycles. The molecule has 0 spiro atoms. The number of carbonyl (C=O) groups excluding carboxylic acids is 1. The van der Waals surface area contributed by atoms with E-state index in [4.69, 9.17) is 5.11 Å². The van der Waals surface area contributed by atoms with Crippen LogP contribution in [0, 0.1) is 13.8 Å². The zero-order valence-electron chi connectivity index (χ0n) is 15.0. The first-order valence-electron chi connectivity index (χ1n) is 8.47. The monoisotopic (exact) mass is 347 g/mol. The van der Waals surface area contributed by atoms with Gasteiger partial charge in [0.05, 0.1) is 31.1 Å². The van der Waals surface area contributed by atoms with Crippen molar-refractivity contribution in [1.29, 1.82) is 0 Å². The zero-order chi connectivity index (χ0) is 18.0. The number of aliphatic hydroxyl groups excluding tert-OH is 1. The number of hydrogen-bond donors (Lipinski definition) is 1. The van der Waals surface area contributed by atoms with Gasteiger partial charge in [0, 0.05) is 19.6 Å². The first kappa shape index (κ1) is 17.6. The van der Waals surface area contributed by atoms with Gasteiger partial charge in [-0.15, -0.1) is 0 Å². The van der Waals surface area contributed by atoms with Crippen LogP contribution in [0.4, 0.5) is 0 Å². The molecule has 1 N–H and O–H groups in total. The average molecular weight is 347 g/mol. The Morgan fingerprint density at radius 1 is 1.32 bits per heavy atom. The van der Waals surface area contributed by atoms with Gasteiger partial charge in [-0.05, 0) is 27.0 Å². The summed E-state index contributed by atoms with van der Waals surface area (Å²) in [5.41, 5.74) is 2.00. The summed E-state index contributed by atoms with van der Waals surface area (Å²) in [5.74, 6) is 1.47. The number of carbonyl (C=O) groups is 1. The Bertz CT molecular complexity index is 752. The zero-order valence-corrected chi connectivity index (χ0v) is 15.0. The molecule has 136 valence electrons. The van der Waals surface area contributed by atoms with Crippen LogP contribution in [0.3, 0.4) is 0 Å². The van der Waals surface area contributed by atoms with Gasteiger partial charge < -0.3 is 10.0 Å². The van der Waals surface area contributed by atoms with Crippen LogP contribution in [0.2, 0.25) is 0 Å². The van der Waals surface area contributed by atoms with Crippen LogP contribution < -0.4 is 0 Å². The van der Waals surface area contributed by atoms with Crippen molar-refractivity contribution in [3.8, 4) is 0 Å². The van der Waals surface area contributed by atoms with Crippen molar-refractivity contribution in [3.63, 3.8) is 0 Å². The van der Waals surface area contributed by atoms with Crippen LogP contribution in [0.25, 0.3) is 0 Å². The minimum Gasteiger partial charge on any atom is -0.395 e. The second-order valence-corrected chi connectivity index (χ2v) is 6.49. The van der Waals surface area contributed by atoms with E-state index < -0.39 is 0 Å². The number of fused-ring (bicyclic) bond motifs is 1. The molecule has 0 unspecified atom stereocenters. The molecule has 9 nitrogen and oxygen atoms in total. The van der Waals surface area contributed by atoms with E-state index in [1.807, 2.05) is 41.4 Å². The molecule has 2 aromatic heterocycles. The third-order valence-electron chi connectivity index (χ3n) is 4.36. The fourth-order valence-corrected chi connectivity index (χ4v) is 3.08. The van der Waals surface area contributed by atoms with Crippen molar-refractivity contribution in [2.45, 2.75) is 40.0 Å². The number of rotatable bonds is 6. The third kappa shape index (κ3) is 4.05. The number of aromatic nitrogens is 5. The summed E-state index contributed by atoms with van der Waals surface area (Å²) in [5, 5.41) is 17.8. The molecular formula is C16H25N7O2. The van der Waals surface area contributed by atoms with E-state index in [1.165, 1.54) is 0 Å². The minimum atomic E-state index is 0.0411. The Kier molecular flexibility index (Phi) is 5.14. The van der Waals surface area contributed by atoms with Gasteiger partial charge in [-0.3, -0.25) is 14.4 Å². The lowest BCUT2D eigenvalue weighted by atomic mass is 10.2. The number of hydrogen-bond acceptors (Lipinski definition) is 6. The van der Waals surface area contributed by atoms with Gasteiger partial charge in [0.25, 0.3) is 0 Å². The fraction of sp³-hybridized carbons (Fsp3) is 0.625. The lowest BCUT2D eigenvalue weighted by molar-refractivity contribution is -0.133. The smallest absolute Gasteiger partial charge is 0.244 e. The van der Waals surface area contributed by atoms with Crippen LogP contribution in [-0.4, -0.2) is 72.1 Å². The molecule has 9 heteroatoms. The molecule has 0 radical (unpaired) electrons. The Morgan fingerprint density at radius 2 is 2.12 bits per heavy atom. The van der Waals surface area contributed by atoms with Crippen LogP contribution in [-0.2, 0) is 31.0 Å². The topological polar surface area (TPSA) is 92.3 Å². The summed E-state index contributed by atoms with van der Waals surface area (Å²) < 4.78 is 3.62. The largest absolute Gasteiger partial charge is 0.395 e. The number of likely N-dealkylation sites (N-methyl/N-ethyl adjacent to an activating group) is 1. The molecule has 1 amide bonds. The highest BCUT2D eigenvalue weighted by Gasteiger charge is 2.23. The van der Waals surface area contributed by atoms with E-state index in [0.29, 0.717) is 38.5 Å². The predicted molar refractivity (Wildman–Crippen MR) is 90.6 cm³/mol. The van der Waals surface area contributed by atoms with E-state index in [-0.39, 0.29) is 19.1 Å². The standard InChI is InChI=1S/C16H25N7O2/c1-12-17-13(2)23(18-12)11-16(25)21-4-5-22-15(10-21)8-14(19-22)9-20(3)6-7-24/h8,24H,4-7,9-11H2,1-3H3. The Balaban J connectivity index is 1.63. The molecular weight excluding hydrogens is 322 g/mol. The van der Waals surface area contributed by atoms with Crippen molar-refractivity contribution < 1.29 is 9.90 Å². The summed E-state index contributed by atoms with van der Waals surface area (Å²) in [6.45, 7) is 7.22. The first-order chi connectivity index (χ1) is 12.0. The van der Waals surface area contributed by atoms with E-state index in [2.05, 4.69) is 15.2 Å². The lowest BCUT2D eigenvalue weighted by Crippen LogP contribution is -2.40. The number of aryl methyl sites for hydroxylation is 2. The van der Waals surface area contributed by atoms with Gasteiger partial charge >= 0.3 is 0 Å². The maximum Gasteiger partial charge on any atom is 0.244 e. The molecule has 0 atom stereocenters. The molecule has 2 aromatic rings. The molecule has 3 rings (SSSR count). The summed E-state index contributed by atoms with van der Waals surface area (Å²) in [6, 6.07) is 2.04. The average Bonchev–Trinajstić information content (AvgIpc) is 3.08. The van der Waals surface area contributed by atoms with Crippen molar-refractivity contribution in [2.75, 3.05) is 26.7 Å². The van der Waals surface area contributed by atoms with E-state index in [1.54, 1.807) is 4.68 Å². The molecule has 3 heterocycles. The van der Waals surface area contributed by atoms with Gasteiger partial charge in [-0.2, -0.15) is 10.2 Å². The quantitative estimate of drug-likeness (QED) is 0.761. The molecule has 0 fully saturated rings. The third-order valence-corrected chi connectivity index (χ3v) is 4.36. The molecule has 1 aliphatic rings. The molecule has 0 saturated heterocycles. The van der Waals surface area contributed by atoms with Gasteiger partial charge in [0.1, 0.15) is 18.2 Å². The molecule has 25 heavy (non-hydrogen) atoms. The van der Waals surface area contributed by atoms with Gasteiger partial charge in [0.2, 0.25) is 5.91 Å². The number of aliphatic hydroxyl groups is 1. The predicted octanol–water partition coefficient (Wildman–Crippen LogP) is -0.442. The molecule has 0 bridgehead atoms. The van der Waals surface area contributed by atoms with Crippen molar-refractivity contribution in [3.05, 3.63) is 29.1 Å². The van der Waals surface area contributed by atoms with E-state index >= 15 is 0 Å². The SMILES string of the molecule is Cc1nc(C)n(CC(=O)N2CCn3nc(CN(C)CCO)cc3C2)n1. The highest BCUT2D eigenvalue weighted by molar-refractivity contribution is 5.76. The van der Waals surface area contributed by atoms with E-state index in [0.717, 1.165) is 17.2 Å². The minimum absolute atomic E-state index is 0.0411. The maximum atomic E-state index is 12.6. The van der Waals surface area contributed by atoms with E-state index in [9.17, 15) is 4.79 Å². The maximum absolute atomic E-state index is 12.6. The molecule has 0 aliphatic carbocycles. The van der Waals surface area contributed by atoms with Crippen LogP contribution >= 0.6 is 0 Å². The Labute approximate surface area is 146 Å². The van der Waals surface area contributed by atoms with Crippen molar-refractivity contribution in [2.24, 2.45) is 0 Å². The van der Waals surface area contributed by atoms with Crippen molar-refractivity contribution >= 4 is 5.91 Å². The van der Waals surface area contributed by atoms with Crippen LogP contribution in [0.5, 0.6) is 0 Å². The Hall–Kier alpha value is -2.26. The van der Waals surface area contributed by atoms with Gasteiger partial charge in [-0.1, -0.05) is 0 Å². The summed E-state index contributed by atoms with van der Waals surface area (Å²) in [4.78, 5) is 20.7. The summed E-state index contributed by atoms with van der Waals surface area (Å²) in [7, 11) is 1.95. The summed E-state index contributed by atoms with van der Waals surface area (Å²) in [6.07, 6.45) is 0. The number of amides is 1. The van der Waals surface area contributed by atoms with Gasteiger partial charge in [0.15, 0.2) is 0 Å². The van der Waals surface area contributed by atoms with Crippen molar-refractivity contribution in [1.82, 2.24) is 34.3 Å². The normalized spacial score (nSPS) is 14.2. The Morgan fingerprint density at radius 3 is 2.80 bits per heavy atom. The highest BCUT2D eigenvalue weighted by Crippen LogP contribution is 2.15. The molecule has 0 saturated carbocycles. The van der Waals surface area contributed by atoms with Crippen LogP contribution in [0.15, 0.2) is 6.07 Å². The second kappa shape index (κ2) is 7.32. The second-order valence-electron chi connectivity index (χ2n) is 6.49. The van der Waals surface area contributed by atoms with Crippen LogP contribution in [0.1, 0.15) is 23.0 Å². The summed E-state index contributed by atoms with van der Waals surface area (Å²) >= 11 is 0. The first-order valence-corrected chi connectivity index (χ1v) is 8.47. The number of nitrogens with zero attached hydrogens (tertiary/aromatic N) is 7. The van der Waals surface area contributed by atoms with Gasteiger partial charge in [-0.25, -0.2) is 9.67 Å².